The molecule has 16 unspecified atom stereocenters. The van der Waals surface area contributed by atoms with Crippen LogP contribution in [0.15, 0.2) is 150 Å². The van der Waals surface area contributed by atoms with E-state index in [0.717, 1.165) is 96.9 Å². The maximum absolute atomic E-state index is 14.6. The van der Waals surface area contributed by atoms with Crippen LogP contribution in [0.25, 0.3) is 10.8 Å². The van der Waals surface area contributed by atoms with E-state index in [4.69, 9.17) is 25.9 Å². The second-order valence-electron chi connectivity index (χ2n) is 30.8. The van der Waals surface area contributed by atoms with Crippen LogP contribution < -0.4 is 21.5 Å². The van der Waals surface area contributed by atoms with Crippen LogP contribution in [0.5, 0.6) is 11.5 Å². The van der Waals surface area contributed by atoms with Crippen molar-refractivity contribution in [3.05, 3.63) is 223 Å². The summed E-state index contributed by atoms with van der Waals surface area (Å²) in [4.78, 5) is 5.27. The molecule has 14 heteroatoms. The summed E-state index contributed by atoms with van der Waals surface area (Å²) < 4.78 is 56.0. The second kappa shape index (κ2) is 25.1. The van der Waals surface area contributed by atoms with E-state index in [1.165, 1.54) is 44.2 Å². The van der Waals surface area contributed by atoms with Gasteiger partial charge in [-0.3, -0.25) is 4.55 Å². The van der Waals surface area contributed by atoms with Crippen molar-refractivity contribution in [2.24, 2.45) is 46.0 Å². The van der Waals surface area contributed by atoms with E-state index in [1.807, 2.05) is 49.5 Å². The fraction of sp³-hybridized carbons (Fsp3) is 0.458. The van der Waals surface area contributed by atoms with Gasteiger partial charge in [0.2, 0.25) is 5.72 Å². The summed E-state index contributed by atoms with van der Waals surface area (Å²) >= 11 is 0. The van der Waals surface area contributed by atoms with Gasteiger partial charge >= 0.3 is 0 Å². The number of guanidine groups is 1. The number of aryl methyl sites for hydroxylation is 2. The highest BCUT2D eigenvalue weighted by molar-refractivity contribution is 7.86. The fourth-order valence-corrected chi connectivity index (χ4v) is 21.8. The van der Waals surface area contributed by atoms with Gasteiger partial charge in [0.05, 0.1) is 22.6 Å². The zero-order valence-electron chi connectivity index (χ0n) is 55.8. The Morgan fingerprint density at radius 1 is 0.814 bits per heavy atom. The number of aromatic hydroxyl groups is 1. The van der Waals surface area contributed by atoms with Crippen LogP contribution in [0.1, 0.15) is 210 Å². The van der Waals surface area contributed by atoms with E-state index < -0.39 is 56.2 Å². The number of ether oxygens (including phenoxy) is 2. The van der Waals surface area contributed by atoms with Crippen LogP contribution in [0.4, 0.5) is 0 Å². The molecule has 3 fully saturated rings. The van der Waals surface area contributed by atoms with E-state index in [9.17, 15) is 33.4 Å². The van der Waals surface area contributed by atoms with Crippen molar-refractivity contribution in [1.29, 1.82) is 0 Å². The maximum Gasteiger partial charge on any atom is 0.268 e. The quantitative estimate of drug-likeness (QED) is 0.0199. The van der Waals surface area contributed by atoms with Crippen molar-refractivity contribution in [2.45, 2.75) is 193 Å². The number of hydrogen-bond donors (Lipinski definition) is 8. The highest BCUT2D eigenvalue weighted by atomic mass is 32.2. The lowest BCUT2D eigenvalue weighted by molar-refractivity contribution is -0.0834. The molecule has 1 saturated heterocycles. The lowest BCUT2D eigenvalue weighted by atomic mass is 9.57. The molecular weight excluding hydrogens is 1230 g/mol. The molecule has 504 valence electrons. The number of fused-ring (bicyclic) bond motifs is 12. The third-order valence-corrected chi connectivity index (χ3v) is 26.5. The summed E-state index contributed by atoms with van der Waals surface area (Å²) in [6, 6.07) is 45.9. The van der Waals surface area contributed by atoms with Gasteiger partial charge in [-0.05, 0) is 265 Å². The highest BCUT2D eigenvalue weighted by Crippen LogP contribution is 2.61. The predicted octanol–water partition coefficient (Wildman–Crippen LogP) is 13.7. The molecule has 5 heterocycles. The van der Waals surface area contributed by atoms with Crippen LogP contribution in [-0.4, -0.2) is 70.0 Å². The predicted molar refractivity (Wildman–Crippen MR) is 379 cm³/mol. The SMILES string of the molecule is CNCc1cc2cccc3c2c2c1CCc1cc(C4CCCC(O)(C(Cc5ccccc5)CC5(N=C(N)N)Oc6ccc7c(c6)CCC(C)C7CC(S(=O)(=O)O)C6C=C7CC(CC8CC(CO)CC#Cc9cc(O)ccc9C7O8)C6c6ccc5cc6)C4)ccc1C1(O)CCC3CC21. The summed E-state index contributed by atoms with van der Waals surface area (Å²) in [6.07, 6.45) is 12.5. The molecule has 0 amide bonds. The standard InChI is InChI=1S/C83H92N4O9S/c1-48-16-17-54-39-65-25-28-67(54)71(48)43-75(97(92,93)94)72-41-60-37-59(40-66-34-50(47-88)11-6-12-53-38-64(89)24-27-70(53)79(60)95-66)76(72)51-18-22-62(23-19-51)83(96-65,87-80(84)85)45-63(33-49-9-4-3-5-10-49)81(90)31-8-14-58(44-81)52-21-29-73-56(35-52)20-26-69-61(46-86-2)36-57-13-7-15-68-55-30-32-82(73,91)74(42-55)78(69)77(57)68/h3-5,7,9-10,13,15,18-19,21-25,27-29,35-36,38-39,41,48,50,55,58-59,63,66,71-72,74-76,79,86,88-91H,8,11,14,16-17,20,26,30-34,37,40,42-47H2,1-2H3,(H4,84,85,87)(H,92,93,94). The van der Waals surface area contributed by atoms with Gasteiger partial charge in [0, 0.05) is 54.5 Å². The number of phenols is 1. The smallest absolute Gasteiger partial charge is 0.268 e. The van der Waals surface area contributed by atoms with Crippen molar-refractivity contribution < 1.29 is 42.9 Å². The van der Waals surface area contributed by atoms with Crippen LogP contribution in [0, 0.1) is 41.4 Å². The number of allylic oxidation sites excluding steroid dienone is 1. The van der Waals surface area contributed by atoms with Crippen LogP contribution in [-0.2, 0) is 58.4 Å². The fourth-order valence-electron chi connectivity index (χ4n) is 20.7. The molecule has 7 aromatic rings. The Morgan fingerprint density at radius 2 is 1.64 bits per heavy atom. The lowest BCUT2D eigenvalue weighted by Crippen LogP contribution is -2.48. The number of aliphatic imine (C=N–C) groups is 1. The monoisotopic (exact) mass is 1320 g/mol. The van der Waals surface area contributed by atoms with E-state index in [2.05, 4.69) is 109 Å². The van der Waals surface area contributed by atoms with Crippen LogP contribution in [0.3, 0.4) is 0 Å². The van der Waals surface area contributed by atoms with E-state index in [-0.39, 0.29) is 72.8 Å². The van der Waals surface area contributed by atoms with Crippen molar-refractivity contribution >= 4 is 26.9 Å². The molecule has 6 aliphatic carbocycles. The van der Waals surface area contributed by atoms with E-state index >= 15 is 0 Å². The summed E-state index contributed by atoms with van der Waals surface area (Å²) in [5.74, 6) is 5.33. The molecule has 7 aromatic carbocycles. The number of nitrogens with one attached hydrogen (secondary N) is 1. The van der Waals surface area contributed by atoms with Gasteiger partial charge in [0.1, 0.15) is 17.6 Å². The summed E-state index contributed by atoms with van der Waals surface area (Å²) in [5.41, 5.74) is 25.5. The number of aliphatic hydroxyl groups is 3. The van der Waals surface area contributed by atoms with Gasteiger partial charge in [-0.15, -0.1) is 0 Å². The first-order valence-corrected chi connectivity index (χ1v) is 37.5. The molecular formula is C83H92N4O9S. The first-order chi connectivity index (χ1) is 46.9. The topological polar surface area (TPSA) is 230 Å². The largest absolute Gasteiger partial charge is 0.508 e. The zero-order valence-corrected chi connectivity index (χ0v) is 56.6. The minimum absolute atomic E-state index is 0.00159. The van der Waals surface area contributed by atoms with Crippen LogP contribution in [0.2, 0.25) is 0 Å². The molecule has 11 aliphatic rings. The van der Waals surface area contributed by atoms with E-state index in [1.54, 1.807) is 12.1 Å². The first-order valence-electron chi connectivity index (χ1n) is 36.0. The third-order valence-electron chi connectivity index (χ3n) is 25.2. The number of hydrogen-bond acceptors (Lipinski definition) is 10. The maximum atomic E-state index is 14.6. The Labute approximate surface area is 571 Å². The number of nitrogens with two attached hydrogens (primary N) is 2. The number of aliphatic hydroxyl groups excluding tert-OH is 1. The molecule has 0 radical (unpaired) electrons. The second-order valence-corrected chi connectivity index (χ2v) is 32.5. The average Bonchev–Trinajstić information content (AvgIpc) is 1.05. The summed E-state index contributed by atoms with van der Waals surface area (Å²) in [6.45, 7) is 2.86. The van der Waals surface area contributed by atoms with Crippen molar-refractivity contribution in [1.82, 2.24) is 5.32 Å². The molecule has 0 aromatic heterocycles. The Kier molecular flexibility index (Phi) is 16.7. The summed E-state index contributed by atoms with van der Waals surface area (Å²) in [7, 11) is -2.70. The highest BCUT2D eigenvalue weighted by Gasteiger charge is 2.54. The van der Waals surface area contributed by atoms with Gasteiger partial charge in [-0.25, -0.2) is 4.99 Å². The molecule has 18 rings (SSSR count). The zero-order chi connectivity index (χ0) is 66.7. The molecule has 16 atom stereocenters. The number of phenolic OH excluding ortho intramolecular Hbond substituents is 1. The van der Waals surface area contributed by atoms with Crippen molar-refractivity contribution in [3.8, 4) is 23.3 Å². The Morgan fingerprint density at radius 3 is 2.44 bits per heavy atom. The number of rotatable bonds is 11. The first kappa shape index (κ1) is 64.4. The van der Waals surface area contributed by atoms with E-state index in [0.29, 0.717) is 74.2 Å². The number of nitrogens with zero attached hydrogens (tertiary/aromatic N) is 1. The lowest BCUT2D eigenvalue weighted by Gasteiger charge is -2.50. The Hall–Kier alpha value is -7.32. The molecule has 10 N–H and O–H groups in total. The molecule has 5 aliphatic heterocycles. The molecule has 97 heavy (non-hydrogen) atoms. The summed E-state index contributed by atoms with van der Waals surface area (Å²) in [5, 5.41) is 54.1. The van der Waals surface area contributed by atoms with Crippen molar-refractivity contribution in [2.75, 3.05) is 13.7 Å². The molecule has 13 nitrogen and oxygen atoms in total. The van der Waals surface area contributed by atoms with Gasteiger partial charge in [-0.2, -0.15) is 8.42 Å². The Balaban J connectivity index is 0.803. The third kappa shape index (κ3) is 11.6. The molecule has 2 saturated carbocycles. The molecule has 0 spiro atoms. The molecule has 12 bridgehead atoms. The Bertz CT molecular complexity index is 4460. The van der Waals surface area contributed by atoms with Crippen LogP contribution >= 0.6 is 0 Å². The number of benzene rings is 7. The van der Waals surface area contributed by atoms with Gasteiger partial charge in [0.15, 0.2) is 5.96 Å². The minimum Gasteiger partial charge on any atom is -0.508 e. The van der Waals surface area contributed by atoms with Gasteiger partial charge in [0.25, 0.3) is 10.1 Å². The normalized spacial score (nSPS) is 31.8. The minimum atomic E-state index is -4.73. The average molecular weight is 1320 g/mol. The van der Waals surface area contributed by atoms with Gasteiger partial charge < -0.3 is 46.7 Å². The van der Waals surface area contributed by atoms with Crippen molar-refractivity contribution in [3.63, 3.8) is 0 Å². The van der Waals surface area contributed by atoms with Gasteiger partial charge in [-0.1, -0.05) is 128 Å².